The van der Waals surface area contributed by atoms with Crippen LogP contribution in [0.3, 0.4) is 0 Å². The number of anilines is 1. The van der Waals surface area contributed by atoms with Crippen LogP contribution < -0.4 is 14.8 Å². The summed E-state index contributed by atoms with van der Waals surface area (Å²) in [6.45, 7) is 0. The second-order valence-electron chi connectivity index (χ2n) is 4.67. The van der Waals surface area contributed by atoms with E-state index in [0.717, 1.165) is 18.0 Å². The van der Waals surface area contributed by atoms with Gasteiger partial charge in [-0.1, -0.05) is 11.8 Å². The first kappa shape index (κ1) is 18.8. The molecule has 1 heterocycles. The van der Waals surface area contributed by atoms with Gasteiger partial charge in [0, 0.05) is 30.1 Å². The van der Waals surface area contributed by atoms with Crippen molar-refractivity contribution in [2.24, 2.45) is 0 Å². The minimum absolute atomic E-state index is 0.0769. The van der Waals surface area contributed by atoms with E-state index in [2.05, 4.69) is 15.3 Å². The summed E-state index contributed by atoms with van der Waals surface area (Å²) >= 11 is 0.946. The van der Waals surface area contributed by atoms with Gasteiger partial charge in [-0.2, -0.15) is 13.2 Å². The van der Waals surface area contributed by atoms with Gasteiger partial charge in [0.1, 0.15) is 11.5 Å². The van der Waals surface area contributed by atoms with Crippen LogP contribution in [-0.4, -0.2) is 36.4 Å². The molecule has 0 fully saturated rings. The predicted molar refractivity (Wildman–Crippen MR) is 86.3 cm³/mol. The zero-order chi connectivity index (χ0) is 18.6. The monoisotopic (exact) mass is 373 g/mol. The highest BCUT2D eigenvalue weighted by atomic mass is 32.2. The Morgan fingerprint density at radius 3 is 2.24 bits per heavy atom. The summed E-state index contributed by atoms with van der Waals surface area (Å²) in [6.07, 6.45) is -2.39. The number of methoxy groups -OCH3 is 2. The van der Waals surface area contributed by atoms with Gasteiger partial charge >= 0.3 is 6.18 Å². The van der Waals surface area contributed by atoms with E-state index < -0.39 is 23.3 Å². The Morgan fingerprint density at radius 2 is 1.76 bits per heavy atom. The van der Waals surface area contributed by atoms with Crippen LogP contribution in [0.5, 0.6) is 11.5 Å². The van der Waals surface area contributed by atoms with Crippen LogP contribution in [0.1, 0.15) is 16.1 Å². The number of hydrogen-bond donors (Lipinski definition) is 1. The highest BCUT2D eigenvalue weighted by Crippen LogP contribution is 2.32. The normalized spacial score (nSPS) is 11.1. The zero-order valence-electron chi connectivity index (χ0n) is 13.5. The number of carbonyl (C=O) groups excluding carboxylic acids is 1. The van der Waals surface area contributed by atoms with Crippen molar-refractivity contribution >= 4 is 23.4 Å². The zero-order valence-corrected chi connectivity index (χ0v) is 14.3. The lowest BCUT2D eigenvalue weighted by molar-refractivity contribution is -0.142. The molecule has 0 spiro atoms. The molecule has 1 amide bonds. The Labute approximate surface area is 145 Å². The van der Waals surface area contributed by atoms with Crippen molar-refractivity contribution in [3.8, 4) is 11.5 Å². The molecule has 0 saturated carbocycles. The molecule has 1 aromatic heterocycles. The lowest BCUT2D eigenvalue weighted by Gasteiger charge is -2.13. The van der Waals surface area contributed by atoms with Gasteiger partial charge in [0.05, 0.1) is 19.8 Å². The molecule has 134 valence electrons. The molecule has 0 aliphatic carbocycles. The fourth-order valence-corrected chi connectivity index (χ4v) is 2.26. The minimum Gasteiger partial charge on any atom is -0.497 e. The summed E-state index contributed by atoms with van der Waals surface area (Å²) in [7, 11) is 2.83. The van der Waals surface area contributed by atoms with Crippen LogP contribution >= 0.6 is 11.8 Å². The molecule has 0 bridgehead atoms. The highest BCUT2D eigenvalue weighted by Gasteiger charge is 2.38. The number of ether oxygens (including phenoxy) is 2. The third kappa shape index (κ3) is 4.53. The van der Waals surface area contributed by atoms with Crippen molar-refractivity contribution in [3.63, 3.8) is 0 Å². The molecule has 0 atom stereocenters. The topological polar surface area (TPSA) is 73.3 Å². The van der Waals surface area contributed by atoms with Crippen LogP contribution in [0, 0.1) is 0 Å². The standard InChI is InChI=1S/C15H14F3N3O3S/c1-23-9-4-8(5-10(6-9)24-2)20-13(22)11-7-19-14(25-3)21-12(11)15(16,17)18/h4-7H,1-3H3,(H,20,22). The molecule has 0 radical (unpaired) electrons. The van der Waals surface area contributed by atoms with Crippen LogP contribution in [-0.2, 0) is 6.18 Å². The number of rotatable bonds is 5. The Hall–Kier alpha value is -2.49. The number of halogens is 3. The molecule has 0 aliphatic heterocycles. The number of benzene rings is 1. The SMILES string of the molecule is COc1cc(NC(=O)c2cnc(SC)nc2C(F)(F)F)cc(OC)c1. The first-order valence-electron chi connectivity index (χ1n) is 6.81. The molecule has 10 heteroatoms. The van der Waals surface area contributed by atoms with Gasteiger partial charge in [0.25, 0.3) is 5.91 Å². The van der Waals surface area contributed by atoms with Gasteiger partial charge in [-0.3, -0.25) is 4.79 Å². The number of nitrogens with one attached hydrogen (secondary N) is 1. The summed E-state index contributed by atoms with van der Waals surface area (Å²) in [5.41, 5.74) is -1.76. The van der Waals surface area contributed by atoms with Crippen molar-refractivity contribution in [2.75, 3.05) is 25.8 Å². The lowest BCUT2D eigenvalue weighted by atomic mass is 10.2. The van der Waals surface area contributed by atoms with E-state index in [-0.39, 0.29) is 10.8 Å². The van der Waals surface area contributed by atoms with Crippen molar-refractivity contribution < 1.29 is 27.4 Å². The molecule has 1 N–H and O–H groups in total. The van der Waals surface area contributed by atoms with E-state index in [1.165, 1.54) is 32.6 Å². The smallest absolute Gasteiger partial charge is 0.434 e. The number of hydrogen-bond acceptors (Lipinski definition) is 6. The van der Waals surface area contributed by atoms with E-state index in [0.29, 0.717) is 11.5 Å². The van der Waals surface area contributed by atoms with Gasteiger partial charge in [0.2, 0.25) is 0 Å². The summed E-state index contributed by atoms with van der Waals surface area (Å²) in [4.78, 5) is 19.5. The summed E-state index contributed by atoms with van der Waals surface area (Å²) in [5, 5.41) is 2.29. The minimum atomic E-state index is -4.79. The molecule has 0 aliphatic rings. The number of alkyl halides is 3. The molecule has 0 saturated heterocycles. The third-order valence-electron chi connectivity index (χ3n) is 3.07. The quantitative estimate of drug-likeness (QED) is 0.639. The lowest BCUT2D eigenvalue weighted by Crippen LogP contribution is -2.21. The molecule has 0 unspecified atom stereocenters. The Bertz CT molecular complexity index is 762. The average molecular weight is 373 g/mol. The number of thioether (sulfide) groups is 1. The second kappa shape index (κ2) is 7.60. The van der Waals surface area contributed by atoms with Crippen molar-refractivity contribution in [1.29, 1.82) is 0 Å². The number of nitrogens with zero attached hydrogens (tertiary/aromatic N) is 2. The number of carbonyl (C=O) groups is 1. The van der Waals surface area contributed by atoms with Crippen LogP contribution in [0.15, 0.2) is 29.6 Å². The summed E-state index contributed by atoms with van der Waals surface area (Å²) in [6, 6.07) is 4.46. The first-order valence-corrected chi connectivity index (χ1v) is 8.03. The molecular formula is C15H14F3N3O3S. The average Bonchev–Trinajstić information content (AvgIpc) is 2.59. The van der Waals surface area contributed by atoms with E-state index in [9.17, 15) is 18.0 Å². The molecule has 2 aromatic rings. The fraction of sp³-hybridized carbons (Fsp3) is 0.267. The first-order chi connectivity index (χ1) is 11.8. The third-order valence-corrected chi connectivity index (χ3v) is 3.63. The van der Waals surface area contributed by atoms with Crippen molar-refractivity contribution in [1.82, 2.24) is 9.97 Å². The van der Waals surface area contributed by atoms with Gasteiger partial charge < -0.3 is 14.8 Å². The van der Waals surface area contributed by atoms with Gasteiger partial charge in [-0.25, -0.2) is 9.97 Å². The molecule has 25 heavy (non-hydrogen) atoms. The van der Waals surface area contributed by atoms with Crippen LogP contribution in [0.4, 0.5) is 18.9 Å². The Kier molecular flexibility index (Phi) is 5.73. The van der Waals surface area contributed by atoms with E-state index >= 15 is 0 Å². The maximum atomic E-state index is 13.2. The van der Waals surface area contributed by atoms with E-state index in [1.807, 2.05) is 0 Å². The number of aromatic nitrogens is 2. The summed E-state index contributed by atoms with van der Waals surface area (Å²) < 4.78 is 49.7. The largest absolute Gasteiger partial charge is 0.497 e. The van der Waals surface area contributed by atoms with Crippen LogP contribution in [0.2, 0.25) is 0 Å². The molecule has 1 aromatic carbocycles. The Balaban J connectivity index is 2.39. The van der Waals surface area contributed by atoms with Crippen molar-refractivity contribution in [2.45, 2.75) is 11.3 Å². The number of amides is 1. The maximum Gasteiger partial charge on any atom is 0.434 e. The maximum absolute atomic E-state index is 13.2. The van der Waals surface area contributed by atoms with E-state index in [4.69, 9.17) is 9.47 Å². The van der Waals surface area contributed by atoms with Crippen molar-refractivity contribution in [3.05, 3.63) is 35.7 Å². The van der Waals surface area contributed by atoms with Gasteiger partial charge in [-0.05, 0) is 6.26 Å². The second-order valence-corrected chi connectivity index (χ2v) is 5.45. The highest BCUT2D eigenvalue weighted by molar-refractivity contribution is 7.98. The van der Waals surface area contributed by atoms with E-state index in [1.54, 1.807) is 6.07 Å². The Morgan fingerprint density at radius 1 is 1.16 bits per heavy atom. The summed E-state index contributed by atoms with van der Waals surface area (Å²) in [5.74, 6) is -0.241. The molecule has 6 nitrogen and oxygen atoms in total. The van der Waals surface area contributed by atoms with Gasteiger partial charge in [0.15, 0.2) is 10.9 Å². The predicted octanol–water partition coefficient (Wildman–Crippen LogP) is 3.49. The van der Waals surface area contributed by atoms with Gasteiger partial charge in [-0.15, -0.1) is 0 Å². The molecule has 2 rings (SSSR count). The van der Waals surface area contributed by atoms with Crippen LogP contribution in [0.25, 0.3) is 0 Å². The molecular weight excluding hydrogens is 359 g/mol. The fourth-order valence-electron chi connectivity index (χ4n) is 1.92.